The van der Waals surface area contributed by atoms with Gasteiger partial charge in [0.15, 0.2) is 6.10 Å². The fraction of sp³-hybridized carbons (Fsp3) is 0.182. The van der Waals surface area contributed by atoms with Gasteiger partial charge < -0.3 is 21.3 Å². The van der Waals surface area contributed by atoms with Crippen LogP contribution in [0.5, 0.6) is 5.75 Å². The van der Waals surface area contributed by atoms with Gasteiger partial charge in [-0.3, -0.25) is 10.1 Å². The maximum Gasteiger partial charge on any atom is 0.335 e. The minimum Gasteiger partial charge on any atom is -0.479 e. The van der Waals surface area contributed by atoms with Crippen LogP contribution in [-0.2, 0) is 4.79 Å². The maximum absolute atomic E-state index is 11.4. The Kier molecular flexibility index (Phi) is 4.30. The molecular formula is C11H13N3O5. The van der Waals surface area contributed by atoms with Crippen molar-refractivity contribution in [3.63, 3.8) is 0 Å². The molecule has 0 bridgehead atoms. The zero-order valence-electron chi connectivity index (χ0n) is 10.0. The molecule has 8 heteroatoms. The second-order valence-electron chi connectivity index (χ2n) is 3.67. The van der Waals surface area contributed by atoms with Gasteiger partial charge in [0.05, 0.1) is 11.3 Å². The fourth-order valence-electron chi connectivity index (χ4n) is 1.24. The molecule has 0 aliphatic rings. The number of nitrogen functional groups attached to an aromatic ring is 1. The fourth-order valence-corrected chi connectivity index (χ4v) is 1.24. The molecule has 0 spiro atoms. The van der Waals surface area contributed by atoms with Gasteiger partial charge in [-0.05, 0) is 25.1 Å². The molecule has 1 aromatic carbocycles. The predicted octanol–water partition coefficient (Wildman–Crippen LogP) is -0.0708. The number of nitrogens with one attached hydrogen (secondary N) is 1. The largest absolute Gasteiger partial charge is 0.479 e. The van der Waals surface area contributed by atoms with Crippen molar-refractivity contribution in [2.75, 3.05) is 5.73 Å². The first-order valence-electron chi connectivity index (χ1n) is 5.21. The zero-order chi connectivity index (χ0) is 14.6. The summed E-state index contributed by atoms with van der Waals surface area (Å²) in [5.74, 6) is -1.88. The van der Waals surface area contributed by atoms with Crippen molar-refractivity contribution in [3.05, 3.63) is 23.8 Å². The molecule has 1 unspecified atom stereocenters. The Hall–Kier alpha value is -2.77. The summed E-state index contributed by atoms with van der Waals surface area (Å²) in [6.07, 6.45) is -1.06. The van der Waals surface area contributed by atoms with Crippen LogP contribution in [0.25, 0.3) is 0 Å². The third-order valence-electron chi connectivity index (χ3n) is 2.18. The molecule has 0 aliphatic heterocycles. The van der Waals surface area contributed by atoms with Crippen molar-refractivity contribution in [3.8, 4) is 5.75 Å². The lowest BCUT2D eigenvalue weighted by molar-refractivity contribution is -0.126. The quantitative estimate of drug-likeness (QED) is 0.562. The van der Waals surface area contributed by atoms with Gasteiger partial charge in [-0.1, -0.05) is 0 Å². The van der Waals surface area contributed by atoms with Crippen molar-refractivity contribution < 1.29 is 24.2 Å². The van der Waals surface area contributed by atoms with E-state index in [2.05, 4.69) is 0 Å². The first-order chi connectivity index (χ1) is 8.81. The van der Waals surface area contributed by atoms with Crippen molar-refractivity contribution in [2.24, 2.45) is 5.73 Å². The van der Waals surface area contributed by atoms with E-state index in [4.69, 9.17) is 21.3 Å². The Balaban J connectivity index is 2.86. The number of anilines is 1. The summed E-state index contributed by atoms with van der Waals surface area (Å²) in [6, 6.07) is 2.83. The first kappa shape index (κ1) is 14.3. The molecule has 0 heterocycles. The highest BCUT2D eigenvalue weighted by Crippen LogP contribution is 2.24. The molecule has 1 atom stereocenters. The van der Waals surface area contributed by atoms with Crippen LogP contribution in [0, 0.1) is 0 Å². The molecule has 0 saturated heterocycles. The first-order valence-corrected chi connectivity index (χ1v) is 5.21. The Morgan fingerprint density at radius 1 is 1.37 bits per heavy atom. The SMILES string of the molecule is CC(Oc1cc(C(=O)O)ccc1N)C(=O)NC(N)=O. The molecule has 1 rings (SSSR count). The molecule has 102 valence electrons. The van der Waals surface area contributed by atoms with E-state index in [0.29, 0.717) is 0 Å². The summed E-state index contributed by atoms with van der Waals surface area (Å²) in [7, 11) is 0. The second-order valence-corrected chi connectivity index (χ2v) is 3.67. The molecule has 0 aromatic heterocycles. The minimum atomic E-state index is -1.15. The number of urea groups is 1. The monoisotopic (exact) mass is 267 g/mol. The highest BCUT2D eigenvalue weighted by molar-refractivity contribution is 5.96. The molecule has 1 aromatic rings. The lowest BCUT2D eigenvalue weighted by Gasteiger charge is -2.15. The maximum atomic E-state index is 11.4. The van der Waals surface area contributed by atoms with E-state index in [9.17, 15) is 14.4 Å². The van der Waals surface area contributed by atoms with Gasteiger partial charge in [-0.15, -0.1) is 0 Å². The van der Waals surface area contributed by atoms with Crippen LogP contribution in [0.1, 0.15) is 17.3 Å². The Morgan fingerprint density at radius 3 is 2.53 bits per heavy atom. The van der Waals surface area contributed by atoms with Gasteiger partial charge in [-0.25, -0.2) is 9.59 Å². The average Bonchev–Trinajstić information content (AvgIpc) is 2.30. The number of carboxylic acid groups (broad SMARTS) is 1. The van der Waals surface area contributed by atoms with Crippen molar-refractivity contribution in [1.29, 1.82) is 0 Å². The lowest BCUT2D eigenvalue weighted by atomic mass is 10.2. The molecular weight excluding hydrogens is 254 g/mol. The van der Waals surface area contributed by atoms with Crippen molar-refractivity contribution >= 4 is 23.6 Å². The summed E-state index contributed by atoms with van der Waals surface area (Å²) in [5, 5.41) is 10.7. The number of aromatic carboxylic acids is 1. The standard InChI is InChI=1S/C11H13N3O5/c1-5(9(15)14-11(13)18)19-8-4-6(10(16)17)2-3-7(8)12/h2-5H,12H2,1H3,(H,16,17)(H3,13,14,15,18). The number of carbonyl (C=O) groups is 3. The second kappa shape index (κ2) is 5.71. The van der Waals surface area contributed by atoms with E-state index < -0.39 is 24.0 Å². The average molecular weight is 267 g/mol. The van der Waals surface area contributed by atoms with E-state index >= 15 is 0 Å². The number of benzene rings is 1. The third kappa shape index (κ3) is 3.87. The van der Waals surface area contributed by atoms with Gasteiger partial charge in [0.25, 0.3) is 5.91 Å². The van der Waals surface area contributed by atoms with E-state index in [1.807, 2.05) is 5.32 Å². The van der Waals surface area contributed by atoms with Crippen molar-refractivity contribution in [2.45, 2.75) is 13.0 Å². The van der Waals surface area contributed by atoms with Gasteiger partial charge in [0, 0.05) is 0 Å². The van der Waals surface area contributed by atoms with E-state index in [1.54, 1.807) is 0 Å². The molecule has 6 N–H and O–H groups in total. The van der Waals surface area contributed by atoms with Gasteiger partial charge >= 0.3 is 12.0 Å². The number of hydrogen-bond donors (Lipinski definition) is 4. The smallest absolute Gasteiger partial charge is 0.335 e. The molecule has 0 radical (unpaired) electrons. The number of carbonyl (C=O) groups excluding carboxylic acids is 2. The summed E-state index contributed by atoms with van der Waals surface area (Å²) >= 11 is 0. The van der Waals surface area contributed by atoms with Crippen molar-refractivity contribution in [1.82, 2.24) is 5.32 Å². The number of ether oxygens (including phenoxy) is 1. The third-order valence-corrected chi connectivity index (χ3v) is 2.18. The van der Waals surface area contributed by atoms with E-state index in [0.717, 1.165) is 0 Å². The topological polar surface area (TPSA) is 145 Å². The van der Waals surface area contributed by atoms with Crippen LogP contribution in [0.2, 0.25) is 0 Å². The molecule has 8 nitrogen and oxygen atoms in total. The predicted molar refractivity (Wildman–Crippen MR) is 65.6 cm³/mol. The molecule has 0 fully saturated rings. The van der Waals surface area contributed by atoms with Gasteiger partial charge in [0.2, 0.25) is 0 Å². The lowest BCUT2D eigenvalue weighted by Crippen LogP contribution is -2.42. The minimum absolute atomic E-state index is 0.0343. The number of nitrogens with two attached hydrogens (primary N) is 2. The number of hydrogen-bond acceptors (Lipinski definition) is 5. The highest BCUT2D eigenvalue weighted by atomic mass is 16.5. The highest BCUT2D eigenvalue weighted by Gasteiger charge is 2.18. The number of imide groups is 1. The van der Waals surface area contributed by atoms with E-state index in [-0.39, 0.29) is 17.0 Å². The van der Waals surface area contributed by atoms with Crippen LogP contribution in [0.15, 0.2) is 18.2 Å². The number of amides is 3. The number of carboxylic acids is 1. The van der Waals surface area contributed by atoms with Crippen LogP contribution < -0.4 is 21.5 Å². The van der Waals surface area contributed by atoms with E-state index in [1.165, 1.54) is 25.1 Å². The van der Waals surface area contributed by atoms with Crippen LogP contribution in [0.3, 0.4) is 0 Å². The van der Waals surface area contributed by atoms with Crippen LogP contribution >= 0.6 is 0 Å². The Labute approximate surface area is 108 Å². The molecule has 19 heavy (non-hydrogen) atoms. The van der Waals surface area contributed by atoms with Crippen LogP contribution in [0.4, 0.5) is 10.5 Å². The number of rotatable bonds is 4. The summed E-state index contributed by atoms with van der Waals surface area (Å²) in [5.41, 5.74) is 10.5. The summed E-state index contributed by atoms with van der Waals surface area (Å²) < 4.78 is 5.19. The van der Waals surface area contributed by atoms with Crippen LogP contribution in [-0.4, -0.2) is 29.1 Å². The normalized spacial score (nSPS) is 11.4. The summed E-state index contributed by atoms with van der Waals surface area (Å²) in [6.45, 7) is 1.37. The number of primary amides is 1. The Bertz CT molecular complexity index is 529. The molecule has 0 aliphatic carbocycles. The molecule has 3 amide bonds. The Morgan fingerprint density at radius 2 is 2.00 bits per heavy atom. The van der Waals surface area contributed by atoms with Gasteiger partial charge in [0.1, 0.15) is 5.75 Å². The zero-order valence-corrected chi connectivity index (χ0v) is 10.0. The van der Waals surface area contributed by atoms with Gasteiger partial charge in [-0.2, -0.15) is 0 Å². The summed E-state index contributed by atoms with van der Waals surface area (Å²) in [4.78, 5) is 32.7. The molecule has 0 saturated carbocycles.